The van der Waals surface area contributed by atoms with Crippen molar-refractivity contribution in [2.24, 2.45) is 0 Å². The first-order chi connectivity index (χ1) is 15.0. The molecule has 0 aromatic rings. The van der Waals surface area contributed by atoms with Crippen LogP contribution in [0.5, 0.6) is 0 Å². The van der Waals surface area contributed by atoms with Crippen LogP contribution in [0.3, 0.4) is 0 Å². The summed E-state index contributed by atoms with van der Waals surface area (Å²) in [5, 5.41) is 0. The van der Waals surface area contributed by atoms with Crippen LogP contribution in [0.2, 0.25) is 0 Å². The highest BCUT2D eigenvalue weighted by atomic mass is 17.2. The van der Waals surface area contributed by atoms with E-state index in [1.807, 2.05) is 0 Å². The number of carbonyl (C=O) groups is 3. The molecule has 0 amide bonds. The number of rotatable bonds is 11. The summed E-state index contributed by atoms with van der Waals surface area (Å²) in [5.41, 5.74) is -2.11. The van der Waals surface area contributed by atoms with E-state index in [0.29, 0.717) is 12.8 Å². The van der Waals surface area contributed by atoms with Crippen LogP contribution in [0.25, 0.3) is 0 Å². The van der Waals surface area contributed by atoms with E-state index in [-0.39, 0.29) is 19.6 Å². The van der Waals surface area contributed by atoms with Crippen LogP contribution in [0.4, 0.5) is 14.4 Å². The summed E-state index contributed by atoms with van der Waals surface area (Å²) in [7, 11) is 0. The van der Waals surface area contributed by atoms with Gasteiger partial charge in [0, 0.05) is 0 Å². The molecular formula is C21H38O12. The highest BCUT2D eigenvalue weighted by Gasteiger charge is 2.23. The summed E-state index contributed by atoms with van der Waals surface area (Å²) in [4.78, 5) is 63.2. The minimum atomic E-state index is -1.10. The zero-order valence-electron chi connectivity index (χ0n) is 21.0. The van der Waals surface area contributed by atoms with Crippen LogP contribution in [0.15, 0.2) is 0 Å². The van der Waals surface area contributed by atoms with Gasteiger partial charge in [0.1, 0.15) is 29.5 Å². The summed E-state index contributed by atoms with van der Waals surface area (Å²) < 4.78 is 14.9. The molecule has 0 heterocycles. The summed E-state index contributed by atoms with van der Waals surface area (Å²) in [5.74, 6) is 0. The Morgan fingerprint density at radius 2 is 1.03 bits per heavy atom. The molecule has 0 saturated carbocycles. The average Bonchev–Trinajstić information content (AvgIpc) is 2.65. The Morgan fingerprint density at radius 1 is 0.606 bits per heavy atom. The highest BCUT2D eigenvalue weighted by molar-refractivity contribution is 5.60. The molecule has 0 spiro atoms. The summed E-state index contributed by atoms with van der Waals surface area (Å²) >= 11 is 0. The Balaban J connectivity index is 4.50. The molecule has 0 rings (SSSR count). The monoisotopic (exact) mass is 482 g/mol. The SMILES string of the molecule is CC(C)(C)OOC(=O)OCCCCC(COC(=O)OOC(C)(C)C)OC(=O)OOC(C)(C)C. The second-order valence-corrected chi connectivity index (χ2v) is 9.98. The topological polar surface area (TPSA) is 134 Å². The van der Waals surface area contributed by atoms with Gasteiger partial charge in [-0.05, 0) is 81.6 Å². The lowest BCUT2D eigenvalue weighted by Crippen LogP contribution is -2.29. The lowest BCUT2D eigenvalue weighted by atomic mass is 10.1. The molecule has 0 saturated heterocycles. The third kappa shape index (κ3) is 21.3. The maximum absolute atomic E-state index is 11.9. The minimum Gasteiger partial charge on any atom is -0.432 e. The Bertz CT molecular complexity index is 598. The molecule has 33 heavy (non-hydrogen) atoms. The third-order valence-corrected chi connectivity index (χ3v) is 2.87. The van der Waals surface area contributed by atoms with Crippen LogP contribution in [0.1, 0.15) is 81.6 Å². The van der Waals surface area contributed by atoms with Crippen molar-refractivity contribution in [1.82, 2.24) is 0 Å². The summed E-state index contributed by atoms with van der Waals surface area (Å²) in [6, 6.07) is 0. The molecular weight excluding hydrogens is 444 g/mol. The lowest BCUT2D eigenvalue weighted by molar-refractivity contribution is -0.317. The van der Waals surface area contributed by atoms with E-state index in [2.05, 4.69) is 14.7 Å². The van der Waals surface area contributed by atoms with Gasteiger partial charge in [0.25, 0.3) is 0 Å². The van der Waals surface area contributed by atoms with E-state index < -0.39 is 41.4 Å². The molecule has 1 unspecified atom stereocenters. The standard InChI is InChI=1S/C21H38O12/c1-19(2,3)31-28-16(22)25-13-11-10-12-15(27-18(24)30-33-21(7,8)9)14-26-17(23)29-32-20(4,5)6/h15H,10-14H2,1-9H3. The van der Waals surface area contributed by atoms with Crippen molar-refractivity contribution in [3.05, 3.63) is 0 Å². The first kappa shape index (κ1) is 30.7. The van der Waals surface area contributed by atoms with Crippen LogP contribution in [-0.2, 0) is 43.5 Å². The Kier molecular flexibility index (Phi) is 13.1. The molecule has 0 aliphatic rings. The lowest BCUT2D eigenvalue weighted by Gasteiger charge is -2.20. The van der Waals surface area contributed by atoms with Crippen molar-refractivity contribution >= 4 is 18.5 Å². The molecule has 0 fully saturated rings. The zero-order chi connectivity index (χ0) is 25.7. The fraction of sp³-hybridized carbons (Fsp3) is 0.857. The van der Waals surface area contributed by atoms with E-state index in [0.717, 1.165) is 0 Å². The van der Waals surface area contributed by atoms with Gasteiger partial charge in [-0.15, -0.1) is 0 Å². The van der Waals surface area contributed by atoms with Gasteiger partial charge in [-0.3, -0.25) is 14.7 Å². The smallest absolute Gasteiger partial charge is 0.432 e. The molecule has 194 valence electrons. The zero-order valence-corrected chi connectivity index (χ0v) is 21.0. The minimum absolute atomic E-state index is 0.0406. The van der Waals surface area contributed by atoms with Crippen molar-refractivity contribution < 1.29 is 57.9 Å². The number of carbonyl (C=O) groups excluding carboxylic acids is 3. The highest BCUT2D eigenvalue weighted by Crippen LogP contribution is 2.13. The predicted octanol–water partition coefficient (Wildman–Crippen LogP) is 5.18. The van der Waals surface area contributed by atoms with E-state index in [1.54, 1.807) is 62.3 Å². The van der Waals surface area contributed by atoms with E-state index >= 15 is 0 Å². The third-order valence-electron chi connectivity index (χ3n) is 2.87. The fourth-order valence-electron chi connectivity index (χ4n) is 1.65. The molecule has 0 N–H and O–H groups in total. The Morgan fingerprint density at radius 3 is 1.48 bits per heavy atom. The fourth-order valence-corrected chi connectivity index (χ4v) is 1.65. The largest absolute Gasteiger partial charge is 0.540 e. The van der Waals surface area contributed by atoms with Gasteiger partial charge in [-0.2, -0.15) is 14.7 Å². The van der Waals surface area contributed by atoms with Crippen molar-refractivity contribution in [2.75, 3.05) is 13.2 Å². The van der Waals surface area contributed by atoms with Crippen LogP contribution >= 0.6 is 0 Å². The summed E-state index contributed by atoms with van der Waals surface area (Å²) in [6.07, 6.45) is -2.92. The maximum atomic E-state index is 11.9. The second-order valence-electron chi connectivity index (χ2n) is 9.98. The van der Waals surface area contributed by atoms with Gasteiger partial charge in [-0.25, -0.2) is 14.4 Å². The van der Waals surface area contributed by atoms with E-state index in [9.17, 15) is 14.4 Å². The second kappa shape index (κ2) is 14.1. The van der Waals surface area contributed by atoms with Crippen LogP contribution in [0, 0.1) is 0 Å². The van der Waals surface area contributed by atoms with Crippen molar-refractivity contribution in [1.29, 1.82) is 0 Å². The molecule has 12 heteroatoms. The molecule has 1 atom stereocenters. The number of unbranched alkanes of at least 4 members (excludes halogenated alkanes) is 1. The number of hydrogen-bond donors (Lipinski definition) is 0. The van der Waals surface area contributed by atoms with Gasteiger partial charge in [0.05, 0.1) is 6.61 Å². The average molecular weight is 483 g/mol. The van der Waals surface area contributed by atoms with E-state index in [1.165, 1.54) is 0 Å². The Labute approximate surface area is 194 Å². The van der Waals surface area contributed by atoms with Crippen LogP contribution < -0.4 is 0 Å². The predicted molar refractivity (Wildman–Crippen MR) is 113 cm³/mol. The van der Waals surface area contributed by atoms with Crippen molar-refractivity contribution in [3.8, 4) is 0 Å². The Hall–Kier alpha value is -2.31. The molecule has 0 aromatic carbocycles. The first-order valence-corrected chi connectivity index (χ1v) is 10.6. The first-order valence-electron chi connectivity index (χ1n) is 10.6. The quantitative estimate of drug-likeness (QED) is 0.126. The number of ether oxygens (including phenoxy) is 3. The normalized spacial score (nSPS) is 13.0. The van der Waals surface area contributed by atoms with Gasteiger partial charge >= 0.3 is 18.5 Å². The maximum Gasteiger partial charge on any atom is 0.540 e. The van der Waals surface area contributed by atoms with Gasteiger partial charge in [0.2, 0.25) is 0 Å². The van der Waals surface area contributed by atoms with Gasteiger partial charge < -0.3 is 14.2 Å². The number of hydrogen-bond acceptors (Lipinski definition) is 12. The van der Waals surface area contributed by atoms with Gasteiger partial charge in [-0.1, -0.05) is 0 Å². The van der Waals surface area contributed by atoms with E-state index in [4.69, 9.17) is 28.9 Å². The molecule has 0 aliphatic carbocycles. The van der Waals surface area contributed by atoms with Crippen molar-refractivity contribution in [2.45, 2.75) is 104 Å². The molecule has 0 aromatic heterocycles. The van der Waals surface area contributed by atoms with Gasteiger partial charge in [0.15, 0.2) is 0 Å². The molecule has 0 radical (unpaired) electrons. The molecule has 12 nitrogen and oxygen atoms in total. The summed E-state index contributed by atoms with van der Waals surface area (Å²) in [6.45, 7) is 15.0. The molecule has 0 bridgehead atoms. The van der Waals surface area contributed by atoms with Crippen LogP contribution in [-0.4, -0.2) is 54.6 Å². The molecule has 0 aliphatic heterocycles. The van der Waals surface area contributed by atoms with Crippen molar-refractivity contribution in [3.63, 3.8) is 0 Å².